The molecule has 0 atom stereocenters. The number of benzene rings is 1. The number of carbonyl (C=O) groups is 1. The van der Waals surface area contributed by atoms with Crippen molar-refractivity contribution >= 4 is 28.7 Å². The van der Waals surface area contributed by atoms with Gasteiger partial charge >= 0.3 is 5.97 Å². The summed E-state index contributed by atoms with van der Waals surface area (Å²) in [6, 6.07) is 7.23. The third kappa shape index (κ3) is 2.85. The second-order valence-corrected chi connectivity index (χ2v) is 6.90. The monoisotopic (exact) mass is 357 g/mol. The molecule has 2 aliphatic rings. The van der Waals surface area contributed by atoms with Gasteiger partial charge in [-0.05, 0) is 55.2 Å². The molecule has 25 heavy (non-hydrogen) atoms. The van der Waals surface area contributed by atoms with Crippen molar-refractivity contribution in [1.29, 1.82) is 0 Å². The fourth-order valence-corrected chi connectivity index (χ4v) is 4.27. The fourth-order valence-electron chi connectivity index (χ4n) is 3.15. The maximum absolute atomic E-state index is 12.4. The zero-order chi connectivity index (χ0) is 17.4. The molecule has 6 nitrogen and oxygen atoms in total. The summed E-state index contributed by atoms with van der Waals surface area (Å²) in [4.78, 5) is 13.0. The van der Waals surface area contributed by atoms with Gasteiger partial charge in [0.2, 0.25) is 0 Å². The molecule has 0 radical (unpaired) electrons. The van der Waals surface area contributed by atoms with Crippen LogP contribution in [0.2, 0.25) is 0 Å². The summed E-state index contributed by atoms with van der Waals surface area (Å²) < 4.78 is 11.3. The molecule has 0 spiro atoms. The average Bonchev–Trinajstić information content (AvgIpc) is 3.21. The summed E-state index contributed by atoms with van der Waals surface area (Å²) in [5, 5.41) is 0.700. The summed E-state index contributed by atoms with van der Waals surface area (Å²) in [5.74, 6) is 0.401. The summed E-state index contributed by atoms with van der Waals surface area (Å²) in [7, 11) is 0. The van der Waals surface area contributed by atoms with Gasteiger partial charge in [0.25, 0.3) is 0 Å². The molecule has 0 fully saturated rings. The largest absolute Gasteiger partial charge is 0.462 e. The minimum atomic E-state index is -0.286. The van der Waals surface area contributed by atoms with Crippen molar-refractivity contribution in [2.75, 3.05) is 18.9 Å². The van der Waals surface area contributed by atoms with Crippen LogP contribution in [0.4, 0.5) is 5.69 Å². The number of hydrogen-bond acceptors (Lipinski definition) is 7. The zero-order valence-electron chi connectivity index (χ0n) is 13.8. The Morgan fingerprint density at radius 1 is 1.28 bits per heavy atom. The molecule has 130 valence electrons. The van der Waals surface area contributed by atoms with E-state index in [1.807, 2.05) is 19.1 Å². The number of nitrogens with one attached hydrogen (secondary N) is 2. The maximum atomic E-state index is 12.4. The molecule has 7 heteroatoms. The van der Waals surface area contributed by atoms with Crippen LogP contribution in [0.15, 0.2) is 29.8 Å². The number of ether oxygens (including phenoxy) is 2. The number of thiophene rings is 1. The third-order valence-electron chi connectivity index (χ3n) is 4.32. The molecule has 0 amide bonds. The van der Waals surface area contributed by atoms with Crippen molar-refractivity contribution in [2.24, 2.45) is 0 Å². The van der Waals surface area contributed by atoms with Crippen LogP contribution in [-0.4, -0.2) is 19.1 Å². The van der Waals surface area contributed by atoms with Crippen LogP contribution in [0.3, 0.4) is 0 Å². The first-order valence-corrected chi connectivity index (χ1v) is 9.06. The highest BCUT2D eigenvalue weighted by molar-refractivity contribution is 7.16. The molecule has 1 aliphatic carbocycles. The van der Waals surface area contributed by atoms with Crippen molar-refractivity contribution in [3.63, 3.8) is 0 Å². The minimum absolute atomic E-state index is 0.286. The first-order valence-electron chi connectivity index (χ1n) is 8.24. The van der Waals surface area contributed by atoms with Gasteiger partial charge in [-0.2, -0.15) is 0 Å². The van der Waals surface area contributed by atoms with Gasteiger partial charge in [-0.3, -0.25) is 0 Å². The quantitative estimate of drug-likeness (QED) is 0.576. The standard InChI is InChI=1S/C18H19N3O3S/c1-2-23-17(22)16-13-8-3-10-9-20-21-15(10)14(13)18(25-16)24-12-6-4-11(19)5-7-12/h4-7,20-21H,2-3,8-9,19H2,1H3. The van der Waals surface area contributed by atoms with E-state index in [2.05, 4.69) is 10.9 Å². The van der Waals surface area contributed by atoms with Crippen LogP contribution in [0.1, 0.15) is 34.1 Å². The van der Waals surface area contributed by atoms with Crippen LogP contribution in [-0.2, 0) is 11.2 Å². The van der Waals surface area contributed by atoms with E-state index in [0.29, 0.717) is 28.0 Å². The molecule has 2 heterocycles. The van der Waals surface area contributed by atoms with Crippen LogP contribution in [0.5, 0.6) is 10.8 Å². The fraction of sp³-hybridized carbons (Fsp3) is 0.278. The van der Waals surface area contributed by atoms with Crippen LogP contribution in [0.25, 0.3) is 5.70 Å². The summed E-state index contributed by atoms with van der Waals surface area (Å²) >= 11 is 1.34. The summed E-state index contributed by atoms with van der Waals surface area (Å²) in [6.45, 7) is 2.97. The van der Waals surface area contributed by atoms with E-state index >= 15 is 0 Å². The molecular weight excluding hydrogens is 338 g/mol. The van der Waals surface area contributed by atoms with Gasteiger partial charge in [0, 0.05) is 12.2 Å². The lowest BCUT2D eigenvalue weighted by Gasteiger charge is -2.16. The second-order valence-electron chi connectivity index (χ2n) is 5.92. The predicted octanol–water partition coefficient (Wildman–Crippen LogP) is 3.06. The number of esters is 1. The first kappa shape index (κ1) is 16.0. The number of nitrogens with two attached hydrogens (primary N) is 1. The van der Waals surface area contributed by atoms with Gasteiger partial charge in [0.05, 0.1) is 17.9 Å². The number of carbonyl (C=O) groups excluding carboxylic acids is 1. The number of fused-ring (bicyclic) bond motifs is 2. The molecule has 0 saturated carbocycles. The lowest BCUT2D eigenvalue weighted by molar-refractivity contribution is 0.0531. The van der Waals surface area contributed by atoms with Crippen molar-refractivity contribution in [3.8, 4) is 10.8 Å². The van der Waals surface area contributed by atoms with Gasteiger partial charge < -0.3 is 20.6 Å². The van der Waals surface area contributed by atoms with E-state index in [9.17, 15) is 4.79 Å². The van der Waals surface area contributed by atoms with Crippen LogP contribution in [0, 0.1) is 0 Å². The molecule has 4 N–H and O–H groups in total. The van der Waals surface area contributed by atoms with Gasteiger partial charge in [-0.15, -0.1) is 0 Å². The summed E-state index contributed by atoms with van der Waals surface area (Å²) in [6.07, 6.45) is 1.74. The molecule has 0 unspecified atom stereocenters. The number of hydrogen-bond donors (Lipinski definition) is 3. The molecule has 4 rings (SSSR count). The van der Waals surface area contributed by atoms with Gasteiger partial charge in [-0.1, -0.05) is 11.3 Å². The number of anilines is 1. The lowest BCUT2D eigenvalue weighted by atomic mass is 9.91. The zero-order valence-corrected chi connectivity index (χ0v) is 14.7. The van der Waals surface area contributed by atoms with E-state index < -0.39 is 0 Å². The SMILES string of the molecule is CCOC(=O)c1sc(Oc2ccc(N)cc2)c2c1CCC1=C2NNC1. The Morgan fingerprint density at radius 3 is 2.84 bits per heavy atom. The third-order valence-corrected chi connectivity index (χ3v) is 5.41. The molecule has 0 bridgehead atoms. The highest BCUT2D eigenvalue weighted by atomic mass is 32.1. The molecule has 2 aromatic rings. The average molecular weight is 357 g/mol. The van der Waals surface area contributed by atoms with E-state index in [-0.39, 0.29) is 5.97 Å². The second kappa shape index (κ2) is 6.42. The Balaban J connectivity index is 1.78. The number of rotatable bonds is 4. The van der Waals surface area contributed by atoms with E-state index in [1.165, 1.54) is 16.9 Å². The van der Waals surface area contributed by atoms with Crippen molar-refractivity contribution < 1.29 is 14.3 Å². The minimum Gasteiger partial charge on any atom is -0.462 e. The van der Waals surface area contributed by atoms with Crippen molar-refractivity contribution in [3.05, 3.63) is 45.8 Å². The van der Waals surface area contributed by atoms with Crippen LogP contribution >= 0.6 is 11.3 Å². The molecule has 0 saturated heterocycles. The van der Waals surface area contributed by atoms with Crippen molar-refractivity contribution in [1.82, 2.24) is 10.9 Å². The Labute approximate surface area is 149 Å². The number of nitrogen functional groups attached to an aromatic ring is 1. The first-order chi connectivity index (χ1) is 12.2. The Kier molecular flexibility index (Phi) is 4.10. The lowest BCUT2D eigenvalue weighted by Crippen LogP contribution is -2.23. The van der Waals surface area contributed by atoms with Gasteiger partial charge in [-0.25, -0.2) is 10.2 Å². The Morgan fingerprint density at radius 2 is 2.08 bits per heavy atom. The van der Waals surface area contributed by atoms with Crippen LogP contribution < -0.4 is 21.3 Å². The van der Waals surface area contributed by atoms with Gasteiger partial charge in [0.15, 0.2) is 5.06 Å². The molecule has 1 aliphatic heterocycles. The van der Waals surface area contributed by atoms with Gasteiger partial charge in [0.1, 0.15) is 10.6 Å². The normalized spacial score (nSPS) is 15.4. The van der Waals surface area contributed by atoms with Crippen molar-refractivity contribution in [2.45, 2.75) is 19.8 Å². The molecule has 1 aromatic heterocycles. The molecule has 1 aromatic carbocycles. The number of hydrazine groups is 1. The highest BCUT2D eigenvalue weighted by Crippen LogP contribution is 2.46. The Bertz CT molecular complexity index is 855. The molecular formula is C18H19N3O3S. The predicted molar refractivity (Wildman–Crippen MR) is 97.6 cm³/mol. The Hall–Kier alpha value is -2.51. The maximum Gasteiger partial charge on any atom is 0.348 e. The van der Waals surface area contributed by atoms with E-state index in [0.717, 1.165) is 36.2 Å². The van der Waals surface area contributed by atoms with E-state index in [4.69, 9.17) is 15.2 Å². The topological polar surface area (TPSA) is 85.6 Å². The summed E-state index contributed by atoms with van der Waals surface area (Å²) in [5.41, 5.74) is 17.1. The smallest absolute Gasteiger partial charge is 0.348 e. The van der Waals surface area contributed by atoms with E-state index in [1.54, 1.807) is 12.1 Å². The highest BCUT2D eigenvalue weighted by Gasteiger charge is 2.33.